The van der Waals surface area contributed by atoms with E-state index < -0.39 is 5.51 Å². The number of hydrogen-bond donors (Lipinski definition) is 0. The number of allylic oxidation sites excluding steroid dienone is 3. The lowest BCUT2D eigenvalue weighted by Crippen LogP contribution is -1.98. The quantitative estimate of drug-likeness (QED) is 0.498. The van der Waals surface area contributed by atoms with Gasteiger partial charge in [-0.1, -0.05) is 35.4 Å². The Kier molecular flexibility index (Phi) is 5.35. The van der Waals surface area contributed by atoms with Crippen LogP contribution in [0.4, 0.5) is 13.2 Å². The highest BCUT2D eigenvalue weighted by Gasteiger charge is 2.28. The molecule has 0 amide bonds. The number of benzene rings is 1. The smallest absolute Gasteiger partial charge is 0.160 e. The molecular formula is C13H12ClF3S. The third kappa shape index (κ3) is 5.65. The van der Waals surface area contributed by atoms with Crippen LogP contribution in [0.15, 0.2) is 46.9 Å². The van der Waals surface area contributed by atoms with Gasteiger partial charge in [-0.3, -0.25) is 0 Å². The molecule has 18 heavy (non-hydrogen) atoms. The van der Waals surface area contributed by atoms with E-state index in [9.17, 15) is 13.2 Å². The van der Waals surface area contributed by atoms with Gasteiger partial charge in [0, 0.05) is 9.93 Å². The summed E-state index contributed by atoms with van der Waals surface area (Å²) in [5.41, 5.74) is -2.47. The highest BCUT2D eigenvalue weighted by molar-refractivity contribution is 8.00. The fourth-order valence-corrected chi connectivity index (χ4v) is 1.88. The van der Waals surface area contributed by atoms with E-state index in [1.165, 1.54) is 12.1 Å². The lowest BCUT2D eigenvalue weighted by Gasteiger charge is -2.06. The number of halogens is 4. The first-order valence-electron chi connectivity index (χ1n) is 5.15. The van der Waals surface area contributed by atoms with Crippen LogP contribution in [-0.4, -0.2) is 5.51 Å². The monoisotopic (exact) mass is 292 g/mol. The van der Waals surface area contributed by atoms with E-state index in [1.54, 1.807) is 18.2 Å². The van der Waals surface area contributed by atoms with E-state index in [2.05, 4.69) is 0 Å². The van der Waals surface area contributed by atoms with Crippen molar-refractivity contribution in [1.82, 2.24) is 0 Å². The van der Waals surface area contributed by atoms with Gasteiger partial charge in [-0.15, -0.1) is 0 Å². The summed E-state index contributed by atoms with van der Waals surface area (Å²) in [5.74, 6) is 0. The SMILES string of the molecule is CC(C)=CC=C(Cl)c1ccc(SC(F)(F)F)cc1. The van der Waals surface area contributed by atoms with E-state index in [0.717, 1.165) is 5.57 Å². The van der Waals surface area contributed by atoms with Gasteiger partial charge in [-0.2, -0.15) is 13.2 Å². The van der Waals surface area contributed by atoms with Crippen molar-refractivity contribution in [2.45, 2.75) is 24.3 Å². The molecule has 1 aromatic rings. The fourth-order valence-electron chi connectivity index (χ4n) is 1.15. The average Bonchev–Trinajstić information content (AvgIpc) is 2.24. The molecule has 0 nitrogen and oxygen atoms in total. The molecule has 98 valence electrons. The predicted molar refractivity (Wildman–Crippen MR) is 71.6 cm³/mol. The Bertz CT molecular complexity index is 454. The van der Waals surface area contributed by atoms with Crippen LogP contribution in [0.3, 0.4) is 0 Å². The molecule has 0 unspecified atom stereocenters. The van der Waals surface area contributed by atoms with Crippen molar-refractivity contribution in [1.29, 1.82) is 0 Å². The largest absolute Gasteiger partial charge is 0.446 e. The molecule has 0 fully saturated rings. The zero-order valence-electron chi connectivity index (χ0n) is 9.88. The van der Waals surface area contributed by atoms with Crippen molar-refractivity contribution in [3.05, 3.63) is 47.6 Å². The van der Waals surface area contributed by atoms with Crippen LogP contribution in [0.1, 0.15) is 19.4 Å². The summed E-state index contributed by atoms with van der Waals surface area (Å²) in [6.07, 6.45) is 3.57. The third-order valence-electron chi connectivity index (χ3n) is 1.93. The Morgan fingerprint density at radius 3 is 2.11 bits per heavy atom. The topological polar surface area (TPSA) is 0 Å². The molecular weight excluding hydrogens is 281 g/mol. The van der Waals surface area contributed by atoms with Gasteiger partial charge in [-0.25, -0.2) is 0 Å². The van der Waals surface area contributed by atoms with Crippen LogP contribution in [0.2, 0.25) is 0 Å². The normalized spacial score (nSPS) is 12.4. The summed E-state index contributed by atoms with van der Waals surface area (Å²) in [6.45, 7) is 3.87. The lowest BCUT2D eigenvalue weighted by atomic mass is 10.2. The predicted octanol–water partition coefficient (Wildman–Crippen LogP) is 5.84. The number of alkyl halides is 3. The van der Waals surface area contributed by atoms with E-state index in [4.69, 9.17) is 11.6 Å². The molecule has 0 radical (unpaired) electrons. The minimum absolute atomic E-state index is 0.135. The summed E-state index contributed by atoms with van der Waals surface area (Å²) >= 11 is 5.89. The van der Waals surface area contributed by atoms with Crippen LogP contribution in [-0.2, 0) is 0 Å². The van der Waals surface area contributed by atoms with Crippen molar-refractivity contribution in [2.75, 3.05) is 0 Å². The zero-order valence-corrected chi connectivity index (χ0v) is 11.5. The molecule has 1 rings (SSSR count). The molecule has 0 atom stereocenters. The van der Waals surface area contributed by atoms with Gasteiger partial charge in [0.15, 0.2) is 0 Å². The molecule has 5 heteroatoms. The Labute approximate surface area is 114 Å². The van der Waals surface area contributed by atoms with E-state index in [0.29, 0.717) is 10.6 Å². The van der Waals surface area contributed by atoms with Crippen LogP contribution in [0.25, 0.3) is 5.03 Å². The fraction of sp³-hybridized carbons (Fsp3) is 0.231. The molecule has 0 heterocycles. The molecule has 0 saturated carbocycles. The minimum atomic E-state index is -4.26. The second kappa shape index (κ2) is 6.34. The minimum Gasteiger partial charge on any atom is -0.160 e. The van der Waals surface area contributed by atoms with Crippen molar-refractivity contribution < 1.29 is 13.2 Å². The van der Waals surface area contributed by atoms with Gasteiger partial charge >= 0.3 is 5.51 Å². The maximum absolute atomic E-state index is 12.1. The van der Waals surface area contributed by atoms with Gasteiger partial charge < -0.3 is 0 Å². The maximum Gasteiger partial charge on any atom is 0.446 e. The highest BCUT2D eigenvalue weighted by Crippen LogP contribution is 2.37. The molecule has 0 aromatic heterocycles. The third-order valence-corrected chi connectivity index (χ3v) is 3.01. The number of hydrogen-bond acceptors (Lipinski definition) is 1. The Morgan fingerprint density at radius 1 is 1.11 bits per heavy atom. The van der Waals surface area contributed by atoms with Crippen LogP contribution in [0, 0.1) is 0 Å². The van der Waals surface area contributed by atoms with Gasteiger partial charge in [-0.05, 0) is 49.4 Å². The molecule has 0 spiro atoms. The maximum atomic E-state index is 12.1. The van der Waals surface area contributed by atoms with E-state index >= 15 is 0 Å². The van der Waals surface area contributed by atoms with E-state index in [1.807, 2.05) is 19.9 Å². The van der Waals surface area contributed by atoms with Crippen molar-refractivity contribution in [3.8, 4) is 0 Å². The number of thioether (sulfide) groups is 1. The van der Waals surface area contributed by atoms with Gasteiger partial charge in [0.2, 0.25) is 0 Å². The van der Waals surface area contributed by atoms with Gasteiger partial charge in [0.1, 0.15) is 0 Å². The Balaban J connectivity index is 2.83. The van der Waals surface area contributed by atoms with Crippen molar-refractivity contribution >= 4 is 28.4 Å². The molecule has 0 aliphatic heterocycles. The van der Waals surface area contributed by atoms with Crippen LogP contribution >= 0.6 is 23.4 Å². The first-order valence-corrected chi connectivity index (χ1v) is 6.34. The van der Waals surface area contributed by atoms with Crippen molar-refractivity contribution in [3.63, 3.8) is 0 Å². The first-order chi connectivity index (χ1) is 8.28. The molecule has 0 N–H and O–H groups in total. The zero-order chi connectivity index (χ0) is 13.8. The molecule has 0 aliphatic carbocycles. The standard InChI is InChI=1S/C13H12ClF3S/c1-9(2)3-8-12(14)10-4-6-11(7-5-10)18-13(15,16)17/h3-8H,1-2H3. The lowest BCUT2D eigenvalue weighted by molar-refractivity contribution is -0.0328. The average molecular weight is 293 g/mol. The summed E-state index contributed by atoms with van der Waals surface area (Å²) in [4.78, 5) is 0.151. The van der Waals surface area contributed by atoms with Gasteiger partial charge in [0.05, 0.1) is 0 Å². The van der Waals surface area contributed by atoms with Crippen LogP contribution in [0.5, 0.6) is 0 Å². The molecule has 0 bridgehead atoms. The second-order valence-corrected chi connectivity index (χ2v) is 5.38. The van der Waals surface area contributed by atoms with E-state index in [-0.39, 0.29) is 16.7 Å². The second-order valence-electron chi connectivity index (χ2n) is 3.83. The van der Waals surface area contributed by atoms with Crippen LogP contribution < -0.4 is 0 Å². The molecule has 0 saturated heterocycles. The summed E-state index contributed by atoms with van der Waals surface area (Å²) in [5, 5.41) is 0.500. The molecule has 0 aliphatic rings. The van der Waals surface area contributed by atoms with Gasteiger partial charge in [0.25, 0.3) is 0 Å². The number of rotatable bonds is 3. The Hall–Kier alpha value is -0.870. The first kappa shape index (κ1) is 15.2. The summed E-state index contributed by atoms with van der Waals surface area (Å²) in [6, 6.07) is 5.97. The summed E-state index contributed by atoms with van der Waals surface area (Å²) in [7, 11) is 0. The van der Waals surface area contributed by atoms with Crippen molar-refractivity contribution in [2.24, 2.45) is 0 Å². The Morgan fingerprint density at radius 2 is 1.67 bits per heavy atom. The highest BCUT2D eigenvalue weighted by atomic mass is 35.5. The summed E-state index contributed by atoms with van der Waals surface area (Å²) < 4.78 is 36.4. The molecule has 1 aromatic carbocycles.